The van der Waals surface area contributed by atoms with E-state index in [4.69, 9.17) is 56.8 Å². The van der Waals surface area contributed by atoms with E-state index < -0.39 is 152 Å². The van der Waals surface area contributed by atoms with Crippen LogP contribution >= 0.6 is 0 Å². The highest BCUT2D eigenvalue weighted by molar-refractivity contribution is 5.95. The summed E-state index contributed by atoms with van der Waals surface area (Å²) in [5, 5.41) is 81.3. The molecule has 0 aromatic carbocycles. The number of aliphatic hydroxyl groups excluding tert-OH is 5. The monoisotopic (exact) mass is 1170 g/mol. The smallest absolute Gasteiger partial charge is 0.303 e. The average molecular weight is 1170 g/mol. The summed E-state index contributed by atoms with van der Waals surface area (Å²) in [6.07, 6.45) is -5.95. The van der Waals surface area contributed by atoms with Crippen molar-refractivity contribution in [1.82, 2.24) is 0 Å². The van der Waals surface area contributed by atoms with Gasteiger partial charge in [0.1, 0.15) is 30.5 Å². The maximum absolute atomic E-state index is 14.6. The lowest BCUT2D eigenvalue weighted by Crippen LogP contribution is -2.65. The molecule has 4 fully saturated rings. The number of hydrogen-bond donors (Lipinski definition) is 7. The number of rotatable bonds is 16. The molecule has 82 heavy (non-hydrogen) atoms. The second kappa shape index (κ2) is 31.2. The first-order valence-electron chi connectivity index (χ1n) is 29.1. The minimum absolute atomic E-state index is 0.00913. The molecule has 4 heterocycles. The molecular weight excluding hydrogens is 1070 g/mol. The molecule has 0 amide bonds. The summed E-state index contributed by atoms with van der Waals surface area (Å²) in [5.41, 5.74) is 1.27. The molecule has 0 saturated carbocycles. The topological polar surface area (TPSA) is 287 Å². The molecule has 7 N–H and O–H groups in total. The zero-order valence-electron chi connectivity index (χ0n) is 51.2. The Balaban J connectivity index is 1.43. The molecule has 470 valence electrons. The largest absolute Gasteiger partial charge is 0.456 e. The van der Waals surface area contributed by atoms with Gasteiger partial charge in [-0.05, 0) is 80.2 Å². The molecule has 21 nitrogen and oxygen atoms in total. The number of carbonyl (C=O) groups is 2. The molecule has 25 atom stereocenters. The molecule has 1 aliphatic carbocycles. The van der Waals surface area contributed by atoms with Crippen molar-refractivity contribution in [2.45, 2.75) is 256 Å². The normalized spacial score (nSPS) is 45.4. The van der Waals surface area contributed by atoms with Gasteiger partial charge in [0.05, 0.1) is 73.2 Å². The van der Waals surface area contributed by atoms with Gasteiger partial charge >= 0.3 is 5.97 Å². The fourth-order valence-corrected chi connectivity index (χ4v) is 12.4. The first kappa shape index (κ1) is 69.9. The summed E-state index contributed by atoms with van der Waals surface area (Å²) < 4.78 is 72.7. The van der Waals surface area contributed by atoms with Gasteiger partial charge in [-0.1, -0.05) is 73.9 Å². The lowest BCUT2D eigenvalue weighted by atomic mass is 9.73. The van der Waals surface area contributed by atoms with Crippen LogP contribution in [-0.4, -0.2) is 210 Å². The first-order valence-corrected chi connectivity index (χ1v) is 29.1. The predicted octanol–water partition coefficient (Wildman–Crippen LogP) is 4.82. The molecule has 0 radical (unpaired) electrons. The van der Waals surface area contributed by atoms with Gasteiger partial charge in [-0.2, -0.15) is 0 Å². The minimum atomic E-state index is -2.42. The SMILES string of the molecule is COC[C@@H](CC1O[C@@](O)([C@H](OC(C)=O)C2CC(=O)/C(C)=C/C(C)=C/C(C)=C/[C@@H](C)[C@H](O[C@@H]3O[C@@H](C)[C@H](OC)[C@@H](O)[C@@H]3O)/C=C/C(C)=C/CC[C@H](O)[C@@H](OC)C2)[C@H](C)[C@@H](O)[C@H]1C)O[C@H]1C[C@](C)(O)[C@@H](O[C@H]2C[C@@H](OC)[C@H](O)[C@@H](C)O2)[C@H](C)O1. The number of ether oxygens (including phenoxy) is 12. The van der Waals surface area contributed by atoms with Crippen LogP contribution < -0.4 is 0 Å². The quantitative estimate of drug-likeness (QED) is 0.102. The summed E-state index contributed by atoms with van der Waals surface area (Å²) in [4.78, 5) is 27.9. The van der Waals surface area contributed by atoms with Gasteiger partial charge in [0, 0.05) is 84.7 Å². The van der Waals surface area contributed by atoms with Crippen LogP contribution in [0.3, 0.4) is 0 Å². The van der Waals surface area contributed by atoms with Crippen molar-refractivity contribution in [3.63, 3.8) is 0 Å². The zero-order valence-corrected chi connectivity index (χ0v) is 51.2. The first-order chi connectivity index (χ1) is 38.5. The van der Waals surface area contributed by atoms with E-state index in [0.29, 0.717) is 12.0 Å². The molecule has 0 aromatic rings. The van der Waals surface area contributed by atoms with E-state index in [1.54, 1.807) is 54.5 Å². The number of ketones is 1. The molecule has 0 aromatic heterocycles. The lowest BCUT2D eigenvalue weighted by molar-refractivity contribution is -0.364. The van der Waals surface area contributed by atoms with Gasteiger partial charge in [0.25, 0.3) is 0 Å². The highest BCUT2D eigenvalue weighted by atomic mass is 16.7. The second-order valence-corrected chi connectivity index (χ2v) is 24.0. The van der Waals surface area contributed by atoms with E-state index in [1.165, 1.54) is 35.4 Å². The summed E-state index contributed by atoms with van der Waals surface area (Å²) in [5.74, 6) is -6.62. The van der Waals surface area contributed by atoms with Crippen molar-refractivity contribution in [2.75, 3.05) is 35.0 Å². The molecule has 0 bridgehead atoms. The Morgan fingerprint density at radius 2 is 1.44 bits per heavy atom. The van der Waals surface area contributed by atoms with Crippen molar-refractivity contribution >= 4 is 11.8 Å². The van der Waals surface area contributed by atoms with Gasteiger partial charge < -0.3 is 92.6 Å². The van der Waals surface area contributed by atoms with Crippen molar-refractivity contribution in [3.8, 4) is 0 Å². The number of hydrogen-bond acceptors (Lipinski definition) is 21. The third kappa shape index (κ3) is 18.1. The van der Waals surface area contributed by atoms with Crippen molar-refractivity contribution in [3.05, 3.63) is 58.7 Å². The lowest BCUT2D eigenvalue weighted by Gasteiger charge is -2.52. The van der Waals surface area contributed by atoms with Gasteiger partial charge in [0.2, 0.25) is 5.79 Å². The fraction of sp³-hybridized carbons (Fsp3) is 0.803. The van der Waals surface area contributed by atoms with Gasteiger partial charge in [-0.25, -0.2) is 0 Å². The predicted molar refractivity (Wildman–Crippen MR) is 300 cm³/mol. The standard InChI is InChI=1S/C61H100O21/c1-31-18-17-19-44(63)48(72-14)26-42(25-45(64)34(4)23-32(2)22-33(3)24-35(5)46(21-20-31)80-59-55(68)54(67)56(74-16)39(9)77-59)58(78-41(11)62)61(70)37(7)52(65)36(6)47(82-61)27-43(30-71-13)79-51-29-60(12,69)57(40(10)76-51)81-50-28-49(73-15)53(66)38(8)75-50/h18,20-24,35-40,42-44,46-59,63,65-70H,17,19,25-30H2,1-16H3/b21-20+,31-18+,32-22+,33-24+,34-23+/t35-,36+,37-,38-,39+,40+,42?,43-,44+,46-,47?,48+,49-,50+,51+,52+,53-,54+,55+,56+,57+,58-,59+,60+,61-/m1/s1. The van der Waals surface area contributed by atoms with Crippen LogP contribution in [0.1, 0.15) is 128 Å². The van der Waals surface area contributed by atoms with Crippen molar-refractivity contribution < 1.29 is 102 Å². The van der Waals surface area contributed by atoms with Crippen LogP contribution in [0.15, 0.2) is 58.7 Å². The van der Waals surface area contributed by atoms with Crippen LogP contribution in [-0.2, 0) is 66.4 Å². The summed E-state index contributed by atoms with van der Waals surface area (Å²) >= 11 is 0. The Morgan fingerprint density at radius 1 is 0.768 bits per heavy atom. The Labute approximate surface area is 485 Å². The van der Waals surface area contributed by atoms with Crippen LogP contribution in [0, 0.1) is 23.7 Å². The molecular formula is C61H100O21. The zero-order chi connectivity index (χ0) is 61.1. The Hall–Kier alpha value is -2.88. The van der Waals surface area contributed by atoms with Gasteiger partial charge in [0.15, 0.2) is 30.8 Å². The third-order valence-corrected chi connectivity index (χ3v) is 17.1. The number of esters is 1. The number of allylic oxidation sites excluding steroid dienone is 8. The van der Waals surface area contributed by atoms with Crippen molar-refractivity contribution in [1.29, 1.82) is 0 Å². The number of Topliss-reactive ketones (excluding diaryl/α,β-unsaturated/α-hetero) is 1. The van der Waals surface area contributed by atoms with Crippen LogP contribution in [0.25, 0.3) is 0 Å². The second-order valence-electron chi connectivity index (χ2n) is 24.0. The van der Waals surface area contributed by atoms with E-state index in [2.05, 4.69) is 0 Å². The third-order valence-electron chi connectivity index (χ3n) is 17.1. The van der Waals surface area contributed by atoms with Crippen molar-refractivity contribution in [2.24, 2.45) is 23.7 Å². The Morgan fingerprint density at radius 3 is 2.06 bits per heavy atom. The van der Waals surface area contributed by atoms with E-state index in [1.807, 2.05) is 58.1 Å². The molecule has 4 saturated heterocycles. The molecule has 5 rings (SSSR count). The molecule has 5 aliphatic rings. The van der Waals surface area contributed by atoms with E-state index in [9.17, 15) is 45.3 Å². The highest BCUT2D eigenvalue weighted by Crippen LogP contribution is 2.45. The number of carbonyl (C=O) groups excluding carboxylic acids is 2. The Kier molecular flexibility index (Phi) is 26.6. The Bertz CT molecular complexity index is 2200. The van der Waals surface area contributed by atoms with Gasteiger partial charge in [-0.15, -0.1) is 0 Å². The number of aliphatic hydroxyl groups is 7. The highest BCUT2D eigenvalue weighted by Gasteiger charge is 2.59. The van der Waals surface area contributed by atoms with Crippen LogP contribution in [0.4, 0.5) is 0 Å². The molecule has 21 heteroatoms. The summed E-state index contributed by atoms with van der Waals surface area (Å²) in [7, 11) is 5.86. The van der Waals surface area contributed by atoms with Gasteiger partial charge in [-0.3, -0.25) is 9.59 Å². The molecule has 0 spiro atoms. The van der Waals surface area contributed by atoms with Crippen LogP contribution in [0.2, 0.25) is 0 Å². The number of methoxy groups -OCH3 is 4. The maximum atomic E-state index is 14.6. The van der Waals surface area contributed by atoms with Crippen LogP contribution in [0.5, 0.6) is 0 Å². The molecule has 2 unspecified atom stereocenters. The molecule has 4 aliphatic heterocycles. The maximum Gasteiger partial charge on any atom is 0.303 e. The summed E-state index contributed by atoms with van der Waals surface area (Å²) in [6, 6.07) is 0. The fourth-order valence-electron chi connectivity index (χ4n) is 12.4. The average Bonchev–Trinajstić information content (AvgIpc) is 3.48. The minimum Gasteiger partial charge on any atom is -0.456 e. The summed E-state index contributed by atoms with van der Waals surface area (Å²) in [6.45, 7) is 20.7. The van der Waals surface area contributed by atoms with E-state index in [-0.39, 0.29) is 56.8 Å². The van der Waals surface area contributed by atoms with E-state index >= 15 is 0 Å². The van der Waals surface area contributed by atoms with E-state index in [0.717, 1.165) is 16.7 Å².